The van der Waals surface area contributed by atoms with Crippen LogP contribution in [-0.4, -0.2) is 39.6 Å². The van der Waals surface area contributed by atoms with E-state index in [1.165, 1.54) is 16.7 Å². The van der Waals surface area contributed by atoms with E-state index in [-0.39, 0.29) is 5.91 Å². The van der Waals surface area contributed by atoms with Gasteiger partial charge in [-0.15, -0.1) is 11.8 Å². The molecule has 1 aliphatic heterocycles. The molecule has 1 amide bonds. The first-order valence-corrected chi connectivity index (χ1v) is 6.64. The summed E-state index contributed by atoms with van der Waals surface area (Å²) in [6.45, 7) is 1.77. The molecule has 0 unspecified atom stereocenters. The quantitative estimate of drug-likeness (QED) is 0.785. The first kappa shape index (κ1) is 12.8. The number of carbonyl (C=O) groups excluding carboxylic acids is 1. The number of nitrogens with zero attached hydrogens (tertiary/aromatic N) is 1. The first-order valence-electron chi connectivity index (χ1n) is 5.49. The summed E-state index contributed by atoms with van der Waals surface area (Å²) in [5.41, 5.74) is 7.47. The average Bonchev–Trinajstić information content (AvgIpc) is 2.81. The highest BCUT2D eigenvalue weighted by molar-refractivity contribution is 7.99. The number of benzene rings is 1. The fraction of sp³-hybridized carbons (Fsp3) is 0.333. The highest BCUT2D eigenvalue weighted by Crippen LogP contribution is 2.25. The van der Waals surface area contributed by atoms with E-state index in [0.29, 0.717) is 28.4 Å². The Labute approximate surface area is 109 Å². The summed E-state index contributed by atoms with van der Waals surface area (Å²) < 4.78 is 0. The zero-order valence-electron chi connectivity index (χ0n) is 9.92. The van der Waals surface area contributed by atoms with Gasteiger partial charge in [-0.2, -0.15) is 0 Å². The zero-order valence-corrected chi connectivity index (χ0v) is 10.7. The number of nitrogen functional groups attached to an aromatic ring is 1. The Morgan fingerprint density at radius 2 is 2.22 bits per heavy atom. The summed E-state index contributed by atoms with van der Waals surface area (Å²) >= 11 is 1.44. The van der Waals surface area contributed by atoms with Crippen molar-refractivity contribution in [1.29, 1.82) is 0 Å². The monoisotopic (exact) mass is 266 g/mol. The number of aliphatic carboxylic acids is 1. The molecule has 1 atom stereocenters. The number of hydrogen-bond donors (Lipinski definition) is 2. The zero-order chi connectivity index (χ0) is 13.3. The van der Waals surface area contributed by atoms with Crippen LogP contribution in [0.25, 0.3) is 0 Å². The van der Waals surface area contributed by atoms with Crippen LogP contribution in [0.2, 0.25) is 0 Å². The van der Waals surface area contributed by atoms with Crippen molar-refractivity contribution in [3.8, 4) is 0 Å². The predicted molar refractivity (Wildman–Crippen MR) is 70.5 cm³/mol. The standard InChI is InChI=1S/C12H14N2O3S/c1-7-8(3-2-4-9(7)13)11(15)14-6-18-5-10(14)12(16)17/h2-4,10H,5-6,13H2,1H3,(H,16,17)/t10-/m0/s1. The van der Waals surface area contributed by atoms with Crippen LogP contribution in [0.4, 0.5) is 5.69 Å². The molecule has 1 aromatic carbocycles. The van der Waals surface area contributed by atoms with Gasteiger partial charge in [0.05, 0.1) is 5.88 Å². The van der Waals surface area contributed by atoms with E-state index >= 15 is 0 Å². The minimum atomic E-state index is -0.963. The minimum absolute atomic E-state index is 0.266. The van der Waals surface area contributed by atoms with Gasteiger partial charge in [-0.25, -0.2) is 4.79 Å². The van der Waals surface area contributed by atoms with Crippen LogP contribution in [0.1, 0.15) is 15.9 Å². The summed E-state index contributed by atoms with van der Waals surface area (Å²) in [6, 6.07) is 4.35. The van der Waals surface area contributed by atoms with Crippen LogP contribution in [-0.2, 0) is 4.79 Å². The largest absolute Gasteiger partial charge is 0.480 e. The average molecular weight is 266 g/mol. The highest BCUT2D eigenvalue weighted by Gasteiger charge is 2.35. The number of carbonyl (C=O) groups is 2. The fourth-order valence-electron chi connectivity index (χ4n) is 1.89. The van der Waals surface area contributed by atoms with Gasteiger partial charge in [0, 0.05) is 17.0 Å². The third-order valence-electron chi connectivity index (χ3n) is 3.03. The van der Waals surface area contributed by atoms with Crippen molar-refractivity contribution < 1.29 is 14.7 Å². The lowest BCUT2D eigenvalue weighted by Gasteiger charge is -2.21. The molecule has 0 bridgehead atoms. The Morgan fingerprint density at radius 1 is 1.50 bits per heavy atom. The number of hydrogen-bond acceptors (Lipinski definition) is 4. The van der Waals surface area contributed by atoms with E-state index in [0.717, 1.165) is 0 Å². The Morgan fingerprint density at radius 3 is 2.89 bits per heavy atom. The topological polar surface area (TPSA) is 83.6 Å². The van der Waals surface area contributed by atoms with Crippen molar-refractivity contribution in [2.24, 2.45) is 0 Å². The molecular formula is C12H14N2O3S. The number of carboxylic acid groups (broad SMARTS) is 1. The predicted octanol–water partition coefficient (Wildman–Crippen LogP) is 1.18. The summed E-state index contributed by atoms with van der Waals surface area (Å²) in [6.07, 6.45) is 0. The number of carboxylic acids is 1. The Balaban J connectivity index is 2.31. The van der Waals surface area contributed by atoms with Crippen molar-refractivity contribution in [2.45, 2.75) is 13.0 Å². The second kappa shape index (κ2) is 4.89. The van der Waals surface area contributed by atoms with Crippen molar-refractivity contribution in [3.63, 3.8) is 0 Å². The molecule has 1 aromatic rings. The summed E-state index contributed by atoms with van der Waals surface area (Å²) in [4.78, 5) is 24.8. The van der Waals surface area contributed by atoms with Gasteiger partial charge >= 0.3 is 5.97 Å². The van der Waals surface area contributed by atoms with E-state index in [9.17, 15) is 9.59 Å². The molecule has 18 heavy (non-hydrogen) atoms. The molecule has 1 saturated heterocycles. The molecule has 0 saturated carbocycles. The molecule has 3 N–H and O–H groups in total. The molecule has 0 aliphatic carbocycles. The fourth-order valence-corrected chi connectivity index (χ4v) is 3.03. The van der Waals surface area contributed by atoms with Gasteiger partial charge in [0.2, 0.25) is 0 Å². The Hall–Kier alpha value is -1.69. The van der Waals surface area contributed by atoms with Crippen molar-refractivity contribution >= 4 is 29.3 Å². The van der Waals surface area contributed by atoms with Crippen LogP contribution >= 0.6 is 11.8 Å². The van der Waals surface area contributed by atoms with Crippen molar-refractivity contribution in [1.82, 2.24) is 4.90 Å². The number of thioether (sulfide) groups is 1. The van der Waals surface area contributed by atoms with Gasteiger partial charge in [0.1, 0.15) is 6.04 Å². The minimum Gasteiger partial charge on any atom is -0.480 e. The van der Waals surface area contributed by atoms with E-state index in [1.54, 1.807) is 25.1 Å². The van der Waals surface area contributed by atoms with Gasteiger partial charge in [0.25, 0.3) is 5.91 Å². The summed E-state index contributed by atoms with van der Waals surface area (Å²) in [5, 5.41) is 9.07. The number of rotatable bonds is 2. The third kappa shape index (κ3) is 2.15. The molecule has 2 rings (SSSR count). The van der Waals surface area contributed by atoms with Crippen LogP contribution in [0, 0.1) is 6.92 Å². The SMILES string of the molecule is Cc1c(N)cccc1C(=O)N1CSC[C@H]1C(=O)O. The first-order chi connectivity index (χ1) is 8.52. The maximum atomic E-state index is 12.3. The Bertz CT molecular complexity index is 504. The van der Waals surface area contributed by atoms with Crippen LogP contribution in [0.3, 0.4) is 0 Å². The van der Waals surface area contributed by atoms with Crippen LogP contribution < -0.4 is 5.73 Å². The second-order valence-corrected chi connectivity index (χ2v) is 5.15. The van der Waals surface area contributed by atoms with Crippen LogP contribution in [0.5, 0.6) is 0 Å². The highest BCUT2D eigenvalue weighted by atomic mass is 32.2. The third-order valence-corrected chi connectivity index (χ3v) is 4.05. The molecule has 1 aliphatic rings. The maximum absolute atomic E-state index is 12.3. The van der Waals surface area contributed by atoms with Crippen LogP contribution in [0.15, 0.2) is 18.2 Å². The summed E-state index contributed by atoms with van der Waals surface area (Å²) in [5.74, 6) is -0.390. The smallest absolute Gasteiger partial charge is 0.327 e. The van der Waals surface area contributed by atoms with Gasteiger partial charge in [0.15, 0.2) is 0 Å². The van der Waals surface area contributed by atoms with E-state index in [2.05, 4.69) is 0 Å². The lowest BCUT2D eigenvalue weighted by atomic mass is 10.1. The van der Waals surface area contributed by atoms with E-state index < -0.39 is 12.0 Å². The number of anilines is 1. The molecular weight excluding hydrogens is 252 g/mol. The van der Waals surface area contributed by atoms with Crippen molar-refractivity contribution in [3.05, 3.63) is 29.3 Å². The molecule has 0 spiro atoms. The molecule has 1 heterocycles. The lowest BCUT2D eigenvalue weighted by molar-refractivity contribution is -0.140. The molecule has 6 heteroatoms. The molecule has 0 aromatic heterocycles. The van der Waals surface area contributed by atoms with Gasteiger partial charge < -0.3 is 15.7 Å². The molecule has 1 fully saturated rings. The molecule has 96 valence electrons. The second-order valence-electron chi connectivity index (χ2n) is 4.15. The lowest BCUT2D eigenvalue weighted by Crippen LogP contribution is -2.42. The molecule has 0 radical (unpaired) electrons. The molecule has 5 nitrogen and oxygen atoms in total. The van der Waals surface area contributed by atoms with E-state index in [4.69, 9.17) is 10.8 Å². The normalized spacial score (nSPS) is 18.9. The number of amides is 1. The van der Waals surface area contributed by atoms with Gasteiger partial charge in [-0.1, -0.05) is 6.07 Å². The van der Waals surface area contributed by atoms with Crippen molar-refractivity contribution in [2.75, 3.05) is 17.4 Å². The van der Waals surface area contributed by atoms with Gasteiger partial charge in [-0.05, 0) is 24.6 Å². The van der Waals surface area contributed by atoms with E-state index in [1.807, 2.05) is 0 Å². The van der Waals surface area contributed by atoms with Gasteiger partial charge in [-0.3, -0.25) is 4.79 Å². The summed E-state index contributed by atoms with van der Waals surface area (Å²) in [7, 11) is 0. The maximum Gasteiger partial charge on any atom is 0.327 e. The Kier molecular flexibility index (Phi) is 3.47. The number of nitrogens with two attached hydrogens (primary N) is 1.